The summed E-state index contributed by atoms with van der Waals surface area (Å²) >= 11 is 1.08. The normalized spacial score (nSPS) is 13.7. The van der Waals surface area contributed by atoms with E-state index in [1.165, 1.54) is 7.05 Å². The highest BCUT2D eigenvalue weighted by molar-refractivity contribution is 8.00. The number of imide groups is 1. The van der Waals surface area contributed by atoms with Crippen LogP contribution in [0.25, 0.3) is 0 Å². The van der Waals surface area contributed by atoms with Gasteiger partial charge in [0.1, 0.15) is 6.04 Å². The Morgan fingerprint density at radius 1 is 1.44 bits per heavy atom. The second-order valence-electron chi connectivity index (χ2n) is 2.99. The predicted molar refractivity (Wildman–Crippen MR) is 60.1 cm³/mol. The Morgan fingerprint density at radius 2 is 2.00 bits per heavy atom. The monoisotopic (exact) mass is 249 g/mol. The standard InChI is InChI=1S/C8H15N3O4S/c1-4(6(12)11-8(15)10-2)16-3-5(9)7(13)14/h4-5H,3,9H2,1-2H3,(H,13,14)(H2,10,11,12,15). The van der Waals surface area contributed by atoms with Crippen LogP contribution in [0, 0.1) is 0 Å². The summed E-state index contributed by atoms with van der Waals surface area (Å²) in [5.74, 6) is -1.49. The molecule has 7 nitrogen and oxygen atoms in total. The van der Waals surface area contributed by atoms with Gasteiger partial charge in [-0.3, -0.25) is 14.9 Å². The van der Waals surface area contributed by atoms with Crippen molar-refractivity contribution < 1.29 is 19.5 Å². The number of carbonyl (C=O) groups excluding carboxylic acids is 2. The molecule has 2 unspecified atom stereocenters. The summed E-state index contributed by atoms with van der Waals surface area (Å²) in [6.07, 6.45) is 0. The number of carbonyl (C=O) groups is 3. The van der Waals surface area contributed by atoms with E-state index in [0.717, 1.165) is 11.8 Å². The average molecular weight is 249 g/mol. The first kappa shape index (κ1) is 14.7. The molecular weight excluding hydrogens is 234 g/mol. The maximum Gasteiger partial charge on any atom is 0.321 e. The van der Waals surface area contributed by atoms with Crippen LogP contribution in [0.2, 0.25) is 0 Å². The molecule has 0 heterocycles. The van der Waals surface area contributed by atoms with Crippen molar-refractivity contribution in [2.45, 2.75) is 18.2 Å². The zero-order chi connectivity index (χ0) is 12.7. The number of carboxylic acids is 1. The Kier molecular flexibility index (Phi) is 6.50. The summed E-state index contributed by atoms with van der Waals surface area (Å²) < 4.78 is 0. The quantitative estimate of drug-likeness (QED) is 0.494. The van der Waals surface area contributed by atoms with Crippen molar-refractivity contribution >= 4 is 29.7 Å². The molecule has 16 heavy (non-hydrogen) atoms. The van der Waals surface area contributed by atoms with Gasteiger partial charge in [-0.05, 0) is 6.92 Å². The summed E-state index contributed by atoms with van der Waals surface area (Å²) in [7, 11) is 1.39. The van der Waals surface area contributed by atoms with Crippen LogP contribution < -0.4 is 16.4 Å². The van der Waals surface area contributed by atoms with Crippen LogP contribution in [0.4, 0.5) is 4.79 Å². The Labute approximate surface area is 97.1 Å². The molecule has 0 aliphatic carbocycles. The van der Waals surface area contributed by atoms with E-state index in [1.807, 2.05) is 0 Å². The SMILES string of the molecule is CNC(=O)NC(=O)C(C)SCC(N)C(=O)O. The number of hydrogen-bond acceptors (Lipinski definition) is 5. The molecule has 0 aliphatic heterocycles. The molecule has 0 aromatic heterocycles. The van der Waals surface area contributed by atoms with Gasteiger partial charge in [-0.25, -0.2) is 4.79 Å². The molecule has 0 saturated heterocycles. The maximum atomic E-state index is 11.3. The first-order valence-corrected chi connectivity index (χ1v) is 5.56. The molecule has 0 rings (SSSR count). The minimum absolute atomic E-state index is 0.109. The Morgan fingerprint density at radius 3 is 2.44 bits per heavy atom. The molecule has 0 radical (unpaired) electrons. The fraction of sp³-hybridized carbons (Fsp3) is 0.625. The van der Waals surface area contributed by atoms with E-state index in [0.29, 0.717) is 0 Å². The van der Waals surface area contributed by atoms with Gasteiger partial charge in [-0.15, -0.1) is 11.8 Å². The van der Waals surface area contributed by atoms with E-state index in [9.17, 15) is 14.4 Å². The highest BCUT2D eigenvalue weighted by Crippen LogP contribution is 2.11. The lowest BCUT2D eigenvalue weighted by atomic mass is 10.4. The summed E-state index contributed by atoms with van der Waals surface area (Å²) in [5.41, 5.74) is 5.26. The van der Waals surface area contributed by atoms with Gasteiger partial charge in [0.25, 0.3) is 0 Å². The number of carboxylic acid groups (broad SMARTS) is 1. The number of hydrogen-bond donors (Lipinski definition) is 4. The van der Waals surface area contributed by atoms with Gasteiger partial charge in [0, 0.05) is 12.8 Å². The Balaban J connectivity index is 3.97. The van der Waals surface area contributed by atoms with Gasteiger partial charge >= 0.3 is 12.0 Å². The van der Waals surface area contributed by atoms with Crippen molar-refractivity contribution in [1.82, 2.24) is 10.6 Å². The number of nitrogens with one attached hydrogen (secondary N) is 2. The van der Waals surface area contributed by atoms with E-state index in [4.69, 9.17) is 10.8 Å². The van der Waals surface area contributed by atoms with Crippen LogP contribution in [0.1, 0.15) is 6.92 Å². The predicted octanol–water partition coefficient (Wildman–Crippen LogP) is -1.02. The highest BCUT2D eigenvalue weighted by Gasteiger charge is 2.19. The molecule has 0 fully saturated rings. The first-order chi connectivity index (χ1) is 7.38. The lowest BCUT2D eigenvalue weighted by molar-refractivity contribution is -0.138. The number of urea groups is 1. The van der Waals surface area contributed by atoms with Crippen LogP contribution in [-0.2, 0) is 9.59 Å². The zero-order valence-corrected chi connectivity index (χ0v) is 9.84. The van der Waals surface area contributed by atoms with E-state index >= 15 is 0 Å². The zero-order valence-electron chi connectivity index (χ0n) is 9.02. The average Bonchev–Trinajstić information content (AvgIpc) is 2.24. The fourth-order valence-electron chi connectivity index (χ4n) is 0.671. The molecule has 8 heteroatoms. The van der Waals surface area contributed by atoms with Crippen molar-refractivity contribution in [3.05, 3.63) is 0 Å². The van der Waals surface area contributed by atoms with Crippen LogP contribution in [-0.4, -0.2) is 47.1 Å². The van der Waals surface area contributed by atoms with Gasteiger partial charge in [0.05, 0.1) is 5.25 Å². The van der Waals surface area contributed by atoms with Crippen LogP contribution in [0.15, 0.2) is 0 Å². The van der Waals surface area contributed by atoms with Gasteiger partial charge < -0.3 is 16.2 Å². The molecule has 0 aliphatic rings. The highest BCUT2D eigenvalue weighted by atomic mass is 32.2. The third-order valence-electron chi connectivity index (χ3n) is 1.68. The van der Waals surface area contributed by atoms with E-state index in [1.54, 1.807) is 6.92 Å². The molecule has 3 amide bonds. The summed E-state index contributed by atoms with van der Waals surface area (Å²) in [4.78, 5) is 32.5. The summed E-state index contributed by atoms with van der Waals surface area (Å²) in [6, 6.07) is -1.61. The second kappa shape index (κ2) is 7.07. The number of nitrogens with two attached hydrogens (primary N) is 1. The molecule has 2 atom stereocenters. The molecule has 0 saturated carbocycles. The van der Waals surface area contributed by atoms with Crippen molar-refractivity contribution in [2.24, 2.45) is 5.73 Å². The van der Waals surface area contributed by atoms with Crippen LogP contribution in [0.5, 0.6) is 0 Å². The van der Waals surface area contributed by atoms with E-state index in [2.05, 4.69) is 10.6 Å². The minimum Gasteiger partial charge on any atom is -0.480 e. The van der Waals surface area contributed by atoms with Crippen molar-refractivity contribution in [2.75, 3.05) is 12.8 Å². The first-order valence-electron chi connectivity index (χ1n) is 4.51. The maximum absolute atomic E-state index is 11.3. The van der Waals surface area contributed by atoms with Crippen LogP contribution in [0.3, 0.4) is 0 Å². The topological polar surface area (TPSA) is 122 Å². The third kappa shape index (κ3) is 5.56. The van der Waals surface area contributed by atoms with Crippen molar-refractivity contribution in [3.63, 3.8) is 0 Å². The second-order valence-corrected chi connectivity index (χ2v) is 4.36. The smallest absolute Gasteiger partial charge is 0.321 e. The van der Waals surface area contributed by atoms with Crippen molar-refractivity contribution in [1.29, 1.82) is 0 Å². The Hall–Kier alpha value is -1.28. The van der Waals surface area contributed by atoms with Gasteiger partial charge in [-0.2, -0.15) is 0 Å². The molecular formula is C8H15N3O4S. The summed E-state index contributed by atoms with van der Waals surface area (Å²) in [5, 5.41) is 12.3. The fourth-order valence-corrected chi connectivity index (χ4v) is 1.52. The molecule has 0 aromatic rings. The molecule has 5 N–H and O–H groups in total. The molecule has 92 valence electrons. The molecule has 0 spiro atoms. The number of amides is 3. The van der Waals surface area contributed by atoms with Gasteiger partial charge in [0.2, 0.25) is 5.91 Å². The van der Waals surface area contributed by atoms with Crippen LogP contribution >= 0.6 is 11.8 Å². The van der Waals surface area contributed by atoms with E-state index in [-0.39, 0.29) is 5.75 Å². The lowest BCUT2D eigenvalue weighted by Crippen LogP contribution is -2.42. The largest absolute Gasteiger partial charge is 0.480 e. The molecule has 0 bridgehead atoms. The van der Waals surface area contributed by atoms with Gasteiger partial charge in [-0.1, -0.05) is 0 Å². The molecule has 0 aromatic carbocycles. The minimum atomic E-state index is -1.12. The van der Waals surface area contributed by atoms with Gasteiger partial charge in [0.15, 0.2) is 0 Å². The van der Waals surface area contributed by atoms with Crippen molar-refractivity contribution in [3.8, 4) is 0 Å². The number of aliphatic carboxylic acids is 1. The summed E-state index contributed by atoms with van der Waals surface area (Å²) in [6.45, 7) is 1.57. The third-order valence-corrected chi connectivity index (χ3v) is 2.94. The Bertz CT molecular complexity index is 284. The lowest BCUT2D eigenvalue weighted by Gasteiger charge is -2.12. The van der Waals surface area contributed by atoms with E-state index < -0.39 is 29.2 Å². The number of thioether (sulfide) groups is 1. The number of rotatable bonds is 5.